The molecule has 0 aromatic heterocycles. The van der Waals surface area contributed by atoms with Gasteiger partial charge in [0.15, 0.2) is 0 Å². The normalized spacial score (nSPS) is 41.6. The molecule has 3 unspecified atom stereocenters. The third-order valence-electron chi connectivity index (χ3n) is 5.55. The molecule has 3 atom stereocenters. The van der Waals surface area contributed by atoms with Gasteiger partial charge in [-0.15, -0.1) is 0 Å². The Morgan fingerprint density at radius 1 is 1.07 bits per heavy atom. The predicted molar refractivity (Wildman–Crippen MR) is 64.4 cm³/mol. The molecular formula is C14H28. The Bertz CT molecular complexity index is 192. The smallest absolute Gasteiger partial charge is 0.0246 e. The van der Waals surface area contributed by atoms with E-state index in [4.69, 9.17) is 0 Å². The highest BCUT2D eigenvalue weighted by atomic mass is 14.6. The van der Waals surface area contributed by atoms with Crippen molar-refractivity contribution >= 4 is 0 Å². The van der Waals surface area contributed by atoms with Crippen molar-refractivity contribution < 1.29 is 0 Å². The van der Waals surface area contributed by atoms with E-state index in [0.717, 1.165) is 11.8 Å². The van der Waals surface area contributed by atoms with Crippen molar-refractivity contribution in [2.24, 2.45) is 22.7 Å². The van der Waals surface area contributed by atoms with Crippen LogP contribution in [0.15, 0.2) is 0 Å². The van der Waals surface area contributed by atoms with Gasteiger partial charge in [0, 0.05) is 0 Å². The van der Waals surface area contributed by atoms with Gasteiger partial charge in [0.25, 0.3) is 0 Å². The number of hydrogen-bond donors (Lipinski definition) is 0. The maximum absolute atomic E-state index is 2.52. The van der Waals surface area contributed by atoms with Crippen molar-refractivity contribution in [2.75, 3.05) is 0 Å². The molecule has 0 N–H and O–H groups in total. The summed E-state index contributed by atoms with van der Waals surface area (Å²) in [6.07, 6.45) is 5.58. The fourth-order valence-corrected chi connectivity index (χ4v) is 3.40. The van der Waals surface area contributed by atoms with Crippen LogP contribution in [0.4, 0.5) is 0 Å². The van der Waals surface area contributed by atoms with E-state index in [9.17, 15) is 0 Å². The first-order chi connectivity index (χ1) is 6.36. The van der Waals surface area contributed by atoms with E-state index in [2.05, 4.69) is 41.5 Å². The molecule has 1 saturated carbocycles. The van der Waals surface area contributed by atoms with Gasteiger partial charge in [-0.2, -0.15) is 0 Å². The van der Waals surface area contributed by atoms with E-state index in [-0.39, 0.29) is 0 Å². The lowest BCUT2D eigenvalue weighted by Crippen LogP contribution is -2.36. The van der Waals surface area contributed by atoms with E-state index >= 15 is 0 Å². The fourth-order valence-electron chi connectivity index (χ4n) is 3.40. The summed E-state index contributed by atoms with van der Waals surface area (Å²) in [5, 5.41) is 0. The summed E-state index contributed by atoms with van der Waals surface area (Å²) < 4.78 is 0. The van der Waals surface area contributed by atoms with Gasteiger partial charge < -0.3 is 0 Å². The third kappa shape index (κ3) is 1.61. The van der Waals surface area contributed by atoms with E-state index in [1.807, 2.05) is 0 Å². The highest BCUT2D eigenvalue weighted by Crippen LogP contribution is 2.60. The van der Waals surface area contributed by atoms with E-state index in [0.29, 0.717) is 10.8 Å². The van der Waals surface area contributed by atoms with Gasteiger partial charge in [0.05, 0.1) is 0 Å². The SMILES string of the molecule is CCCCC1(C)C(C)CC(C)C1(C)C. The van der Waals surface area contributed by atoms with Crippen LogP contribution in [0.2, 0.25) is 0 Å². The second-order valence-electron chi connectivity index (χ2n) is 6.28. The minimum atomic E-state index is 0.529. The summed E-state index contributed by atoms with van der Waals surface area (Å²) in [6.45, 7) is 14.7. The molecule has 84 valence electrons. The average molecular weight is 196 g/mol. The first kappa shape index (κ1) is 12.1. The first-order valence-corrected chi connectivity index (χ1v) is 6.36. The van der Waals surface area contributed by atoms with Gasteiger partial charge in [-0.25, -0.2) is 0 Å². The Morgan fingerprint density at radius 3 is 2.00 bits per heavy atom. The molecular weight excluding hydrogens is 168 g/mol. The molecule has 0 aliphatic heterocycles. The fraction of sp³-hybridized carbons (Fsp3) is 1.00. The van der Waals surface area contributed by atoms with Crippen LogP contribution in [0.1, 0.15) is 67.2 Å². The van der Waals surface area contributed by atoms with Crippen molar-refractivity contribution in [3.63, 3.8) is 0 Å². The minimum Gasteiger partial charge on any atom is -0.0654 e. The van der Waals surface area contributed by atoms with Crippen molar-refractivity contribution in [1.29, 1.82) is 0 Å². The Morgan fingerprint density at radius 2 is 1.64 bits per heavy atom. The number of hydrogen-bond acceptors (Lipinski definition) is 0. The second-order valence-corrected chi connectivity index (χ2v) is 6.28. The topological polar surface area (TPSA) is 0 Å². The van der Waals surface area contributed by atoms with E-state index < -0.39 is 0 Å². The summed E-state index contributed by atoms with van der Waals surface area (Å²) >= 11 is 0. The van der Waals surface area contributed by atoms with E-state index in [1.165, 1.54) is 25.7 Å². The maximum Gasteiger partial charge on any atom is -0.0246 e. The zero-order valence-electron chi connectivity index (χ0n) is 11.0. The summed E-state index contributed by atoms with van der Waals surface area (Å²) in [5.41, 5.74) is 1.10. The molecule has 0 aromatic rings. The molecule has 0 heterocycles. The van der Waals surface area contributed by atoms with Gasteiger partial charge in [-0.3, -0.25) is 0 Å². The van der Waals surface area contributed by atoms with Crippen molar-refractivity contribution in [2.45, 2.75) is 67.2 Å². The number of unbranched alkanes of at least 4 members (excludes halogenated alkanes) is 1. The maximum atomic E-state index is 2.52. The summed E-state index contributed by atoms with van der Waals surface area (Å²) in [5.74, 6) is 1.79. The molecule has 0 heteroatoms. The predicted octanol–water partition coefficient (Wildman–Crippen LogP) is 4.89. The molecule has 14 heavy (non-hydrogen) atoms. The molecule has 0 spiro atoms. The molecule has 1 fully saturated rings. The molecule has 1 rings (SSSR count). The summed E-state index contributed by atoms with van der Waals surface area (Å²) in [7, 11) is 0. The van der Waals surface area contributed by atoms with Crippen molar-refractivity contribution in [3.8, 4) is 0 Å². The van der Waals surface area contributed by atoms with Crippen LogP contribution in [0, 0.1) is 22.7 Å². The molecule has 0 saturated heterocycles. The van der Waals surface area contributed by atoms with Gasteiger partial charge >= 0.3 is 0 Å². The minimum absolute atomic E-state index is 0.529. The largest absolute Gasteiger partial charge is 0.0654 e. The molecule has 0 amide bonds. The standard InChI is InChI=1S/C14H28/c1-7-8-9-14(6)12(3)10-11(2)13(14,4)5/h11-12H,7-10H2,1-6H3. The molecule has 0 nitrogen and oxygen atoms in total. The highest BCUT2D eigenvalue weighted by molar-refractivity contribution is 5.01. The molecule has 0 radical (unpaired) electrons. The average Bonchev–Trinajstić information content (AvgIpc) is 2.25. The van der Waals surface area contributed by atoms with Gasteiger partial charge in [0.2, 0.25) is 0 Å². The monoisotopic (exact) mass is 196 g/mol. The Kier molecular flexibility index (Phi) is 3.33. The van der Waals surface area contributed by atoms with Crippen LogP contribution in [-0.2, 0) is 0 Å². The lowest BCUT2D eigenvalue weighted by Gasteiger charge is -2.43. The zero-order valence-corrected chi connectivity index (χ0v) is 11.0. The van der Waals surface area contributed by atoms with Gasteiger partial charge in [-0.05, 0) is 35.5 Å². The molecule has 1 aliphatic rings. The Hall–Kier alpha value is 0. The first-order valence-electron chi connectivity index (χ1n) is 6.36. The Labute approximate surface area is 90.5 Å². The van der Waals surface area contributed by atoms with Crippen molar-refractivity contribution in [1.82, 2.24) is 0 Å². The quantitative estimate of drug-likeness (QED) is 0.603. The van der Waals surface area contributed by atoms with Crippen molar-refractivity contribution in [3.05, 3.63) is 0 Å². The lowest BCUT2D eigenvalue weighted by molar-refractivity contribution is 0.0550. The third-order valence-corrected chi connectivity index (χ3v) is 5.55. The summed E-state index contributed by atoms with van der Waals surface area (Å²) in [6, 6.07) is 0. The molecule has 1 aliphatic carbocycles. The van der Waals surface area contributed by atoms with Crippen LogP contribution < -0.4 is 0 Å². The molecule has 0 aromatic carbocycles. The number of rotatable bonds is 3. The van der Waals surface area contributed by atoms with E-state index in [1.54, 1.807) is 0 Å². The van der Waals surface area contributed by atoms with Gasteiger partial charge in [0.1, 0.15) is 0 Å². The van der Waals surface area contributed by atoms with Crippen LogP contribution >= 0.6 is 0 Å². The van der Waals surface area contributed by atoms with Crippen LogP contribution in [-0.4, -0.2) is 0 Å². The zero-order chi connectivity index (χ0) is 11.0. The summed E-state index contributed by atoms with van der Waals surface area (Å²) in [4.78, 5) is 0. The van der Waals surface area contributed by atoms with Gasteiger partial charge in [-0.1, -0.05) is 54.4 Å². The van der Waals surface area contributed by atoms with Crippen LogP contribution in [0.25, 0.3) is 0 Å². The molecule has 0 bridgehead atoms. The van der Waals surface area contributed by atoms with Crippen LogP contribution in [0.3, 0.4) is 0 Å². The lowest BCUT2D eigenvalue weighted by atomic mass is 9.61. The Balaban J connectivity index is 2.82. The highest BCUT2D eigenvalue weighted by Gasteiger charge is 2.52. The van der Waals surface area contributed by atoms with Crippen LogP contribution in [0.5, 0.6) is 0 Å². The second kappa shape index (κ2) is 3.87.